The molecule has 0 N–H and O–H groups in total. The van der Waals surface area contributed by atoms with Gasteiger partial charge in [0.15, 0.2) is 0 Å². The fourth-order valence-corrected chi connectivity index (χ4v) is 4.27. The van der Waals surface area contributed by atoms with Gasteiger partial charge in [0.05, 0.1) is 5.56 Å². The molecule has 3 rings (SSSR count). The largest absolute Gasteiger partial charge is 0.429 e. The van der Waals surface area contributed by atoms with Gasteiger partial charge in [-0.15, -0.1) is 0 Å². The van der Waals surface area contributed by atoms with Crippen molar-refractivity contribution in [2.75, 3.05) is 0 Å². The zero-order chi connectivity index (χ0) is 24.4. The Morgan fingerprint density at radius 2 is 1.45 bits per heavy atom. The van der Waals surface area contributed by atoms with Gasteiger partial charge in [-0.05, 0) is 42.4 Å². The number of hydrogen-bond donors (Lipinski definition) is 0. The van der Waals surface area contributed by atoms with Crippen molar-refractivity contribution in [2.45, 2.75) is 63.9 Å². The minimum Gasteiger partial charge on any atom is -0.429 e. The number of ether oxygens (including phenoxy) is 1. The summed E-state index contributed by atoms with van der Waals surface area (Å²) in [7, 11) is 0. The SMILES string of the molecule is CCC1CCC(C(F)Cc2ccc(C(F)(F)Oc3cc(F)c(C(F)(F)F)c(F)c3)cc2)CC1. The van der Waals surface area contributed by atoms with Gasteiger partial charge in [-0.25, -0.2) is 13.2 Å². The van der Waals surface area contributed by atoms with Crippen molar-refractivity contribution < 1.29 is 39.9 Å². The van der Waals surface area contributed by atoms with Gasteiger partial charge in [-0.3, -0.25) is 0 Å². The number of benzene rings is 2. The van der Waals surface area contributed by atoms with Gasteiger partial charge in [0.2, 0.25) is 0 Å². The lowest BCUT2D eigenvalue weighted by atomic mass is 9.78. The van der Waals surface area contributed by atoms with Crippen LogP contribution in [-0.4, -0.2) is 6.17 Å². The van der Waals surface area contributed by atoms with Crippen LogP contribution in [0.2, 0.25) is 0 Å². The van der Waals surface area contributed by atoms with Crippen molar-refractivity contribution in [2.24, 2.45) is 11.8 Å². The molecular formula is C24H24F8O. The van der Waals surface area contributed by atoms with Crippen molar-refractivity contribution in [1.82, 2.24) is 0 Å². The van der Waals surface area contributed by atoms with Gasteiger partial charge in [-0.1, -0.05) is 38.3 Å². The second kappa shape index (κ2) is 9.89. The van der Waals surface area contributed by atoms with Crippen LogP contribution in [0.5, 0.6) is 5.75 Å². The third kappa shape index (κ3) is 6.18. The Kier molecular flexibility index (Phi) is 7.59. The van der Waals surface area contributed by atoms with Gasteiger partial charge < -0.3 is 4.74 Å². The predicted molar refractivity (Wildman–Crippen MR) is 107 cm³/mol. The lowest BCUT2D eigenvalue weighted by molar-refractivity contribution is -0.185. The highest BCUT2D eigenvalue weighted by atomic mass is 19.4. The third-order valence-corrected chi connectivity index (χ3v) is 6.25. The summed E-state index contributed by atoms with van der Waals surface area (Å²) in [4.78, 5) is 0. The molecular weight excluding hydrogens is 456 g/mol. The first-order valence-corrected chi connectivity index (χ1v) is 10.8. The monoisotopic (exact) mass is 480 g/mol. The topological polar surface area (TPSA) is 9.23 Å². The first-order chi connectivity index (χ1) is 15.4. The minimum absolute atomic E-state index is 0.0507. The van der Waals surface area contributed by atoms with Crippen LogP contribution in [-0.2, 0) is 18.7 Å². The summed E-state index contributed by atoms with van der Waals surface area (Å²) in [6, 6.07) is 4.71. The lowest BCUT2D eigenvalue weighted by Crippen LogP contribution is -2.24. The van der Waals surface area contributed by atoms with Gasteiger partial charge in [0, 0.05) is 18.6 Å². The highest BCUT2D eigenvalue weighted by Gasteiger charge is 2.40. The average Bonchev–Trinajstić information content (AvgIpc) is 2.72. The lowest BCUT2D eigenvalue weighted by Gasteiger charge is -2.30. The van der Waals surface area contributed by atoms with Gasteiger partial charge >= 0.3 is 12.3 Å². The van der Waals surface area contributed by atoms with E-state index in [1.165, 1.54) is 12.1 Å². The van der Waals surface area contributed by atoms with Crippen molar-refractivity contribution in [3.63, 3.8) is 0 Å². The van der Waals surface area contributed by atoms with E-state index in [-0.39, 0.29) is 24.5 Å². The molecule has 33 heavy (non-hydrogen) atoms. The quantitative estimate of drug-likeness (QED) is 0.363. The van der Waals surface area contributed by atoms with Crippen LogP contribution >= 0.6 is 0 Å². The Morgan fingerprint density at radius 3 is 1.94 bits per heavy atom. The van der Waals surface area contributed by atoms with Crippen molar-refractivity contribution in [3.05, 3.63) is 64.7 Å². The maximum absolute atomic E-state index is 14.7. The molecule has 9 heteroatoms. The summed E-state index contributed by atoms with van der Waals surface area (Å²) in [5.74, 6) is -4.67. The van der Waals surface area contributed by atoms with Gasteiger partial charge in [-0.2, -0.15) is 22.0 Å². The number of rotatable bonds is 7. The van der Waals surface area contributed by atoms with Crippen LogP contribution in [0.15, 0.2) is 36.4 Å². The van der Waals surface area contributed by atoms with E-state index in [0.29, 0.717) is 11.5 Å². The molecule has 182 valence electrons. The third-order valence-electron chi connectivity index (χ3n) is 6.25. The highest BCUT2D eigenvalue weighted by molar-refractivity contribution is 5.33. The highest BCUT2D eigenvalue weighted by Crippen LogP contribution is 2.38. The van der Waals surface area contributed by atoms with Crippen LogP contribution in [0.4, 0.5) is 35.1 Å². The molecule has 1 unspecified atom stereocenters. The molecule has 0 heterocycles. The van der Waals surface area contributed by atoms with E-state index in [9.17, 15) is 35.1 Å². The molecule has 1 aliphatic carbocycles. The molecule has 1 nitrogen and oxygen atoms in total. The zero-order valence-corrected chi connectivity index (χ0v) is 17.9. The average molecular weight is 480 g/mol. The zero-order valence-electron chi connectivity index (χ0n) is 17.9. The number of halogens is 8. The molecule has 1 aliphatic rings. The standard InChI is InChI=1S/C24H24F8O/c1-2-14-3-7-16(8-4-14)19(25)11-15-5-9-17(10-6-15)24(31,32)33-18-12-20(26)22(21(27)13-18)23(28,29)30/h5-6,9-10,12-14,16,19H,2-4,7-8,11H2,1H3. The first-order valence-electron chi connectivity index (χ1n) is 10.8. The maximum Gasteiger partial charge on any atom is 0.426 e. The summed E-state index contributed by atoms with van der Waals surface area (Å²) < 4.78 is 113. The maximum atomic E-state index is 14.7. The van der Waals surface area contributed by atoms with Gasteiger partial charge in [0.25, 0.3) is 0 Å². The molecule has 0 bridgehead atoms. The smallest absolute Gasteiger partial charge is 0.426 e. The van der Waals surface area contributed by atoms with E-state index < -0.39 is 47.0 Å². The van der Waals surface area contributed by atoms with E-state index in [1.807, 2.05) is 0 Å². The Balaban J connectivity index is 1.66. The second-order valence-electron chi connectivity index (χ2n) is 8.48. The molecule has 1 atom stereocenters. The molecule has 0 aromatic heterocycles. The minimum atomic E-state index is -5.32. The van der Waals surface area contributed by atoms with E-state index in [1.54, 1.807) is 0 Å². The second-order valence-corrected chi connectivity index (χ2v) is 8.48. The summed E-state index contributed by atoms with van der Waals surface area (Å²) in [5, 5.41) is 0. The van der Waals surface area contributed by atoms with Crippen molar-refractivity contribution >= 4 is 0 Å². The normalized spacial score (nSPS) is 20.5. The summed E-state index contributed by atoms with van der Waals surface area (Å²) >= 11 is 0. The van der Waals surface area contributed by atoms with Crippen LogP contribution in [0.25, 0.3) is 0 Å². The molecule has 1 fully saturated rings. The molecule has 0 aliphatic heterocycles. The van der Waals surface area contributed by atoms with E-state index in [2.05, 4.69) is 11.7 Å². The summed E-state index contributed by atoms with van der Waals surface area (Å²) in [6.45, 7) is 2.11. The Hall–Kier alpha value is -2.32. The van der Waals surface area contributed by atoms with Crippen molar-refractivity contribution in [3.8, 4) is 5.75 Å². The fraction of sp³-hybridized carbons (Fsp3) is 0.500. The number of alkyl halides is 6. The van der Waals surface area contributed by atoms with Crippen LogP contribution < -0.4 is 4.74 Å². The fourth-order valence-electron chi connectivity index (χ4n) is 4.27. The Bertz CT molecular complexity index is 907. The molecule has 1 saturated carbocycles. The van der Waals surface area contributed by atoms with Crippen LogP contribution in [0.1, 0.15) is 55.7 Å². The Morgan fingerprint density at radius 1 is 0.909 bits per heavy atom. The van der Waals surface area contributed by atoms with Crippen molar-refractivity contribution in [1.29, 1.82) is 0 Å². The van der Waals surface area contributed by atoms with E-state index in [4.69, 9.17) is 0 Å². The molecule has 0 spiro atoms. The predicted octanol–water partition coefficient (Wildman–Crippen LogP) is 8.21. The molecule has 2 aromatic carbocycles. The van der Waals surface area contributed by atoms with E-state index >= 15 is 0 Å². The molecule has 0 saturated heterocycles. The number of hydrogen-bond acceptors (Lipinski definition) is 1. The summed E-state index contributed by atoms with van der Waals surface area (Å²) in [6.07, 6.45) is -5.79. The molecule has 2 aromatic rings. The van der Waals surface area contributed by atoms with Crippen LogP contribution in [0.3, 0.4) is 0 Å². The van der Waals surface area contributed by atoms with Crippen LogP contribution in [0, 0.1) is 23.5 Å². The molecule has 0 amide bonds. The van der Waals surface area contributed by atoms with Gasteiger partial charge in [0.1, 0.15) is 29.1 Å². The molecule has 0 radical (unpaired) electrons. The first kappa shape index (κ1) is 25.3. The summed E-state index contributed by atoms with van der Waals surface area (Å²) in [5.41, 5.74) is -2.37. The Labute approximate surface area is 186 Å². The van der Waals surface area contributed by atoms with E-state index in [0.717, 1.165) is 44.2 Å².